The molecule has 1 fully saturated rings. The highest BCUT2D eigenvalue weighted by molar-refractivity contribution is 7.89. The number of fused-ring (bicyclic) bond motifs is 1. The lowest BCUT2D eigenvalue weighted by molar-refractivity contribution is 0.178. The molecule has 1 aromatic carbocycles. The summed E-state index contributed by atoms with van der Waals surface area (Å²) in [7, 11) is -3.52. The van der Waals surface area contributed by atoms with Crippen molar-refractivity contribution in [1.82, 2.24) is 34.2 Å². The van der Waals surface area contributed by atoms with Crippen molar-refractivity contribution in [1.29, 1.82) is 0 Å². The molecule has 150 valence electrons. The van der Waals surface area contributed by atoms with Crippen molar-refractivity contribution >= 4 is 20.9 Å². The molecule has 0 unspecified atom stereocenters. The number of rotatable bonds is 5. The van der Waals surface area contributed by atoms with Crippen molar-refractivity contribution < 1.29 is 8.42 Å². The zero-order valence-corrected chi connectivity index (χ0v) is 17.1. The number of piperazine rings is 1. The molecular weight excluding hydrogens is 378 g/mol. The van der Waals surface area contributed by atoms with Crippen molar-refractivity contribution in [3.05, 3.63) is 36.0 Å². The Kier molecular flexibility index (Phi) is 4.94. The van der Waals surface area contributed by atoms with E-state index in [1.54, 1.807) is 22.6 Å². The van der Waals surface area contributed by atoms with Gasteiger partial charge in [0, 0.05) is 37.6 Å². The minimum atomic E-state index is -3.52. The number of nitrogens with one attached hydrogen (secondary N) is 1. The van der Waals surface area contributed by atoms with Crippen LogP contribution in [0, 0.1) is 6.92 Å². The Hall–Kier alpha value is -2.30. The molecule has 3 heterocycles. The fraction of sp³-hybridized carbons (Fsp3) is 0.500. The van der Waals surface area contributed by atoms with E-state index < -0.39 is 10.0 Å². The van der Waals surface area contributed by atoms with Crippen LogP contribution in [0.25, 0.3) is 10.9 Å². The zero-order chi connectivity index (χ0) is 19.9. The number of aromatic amines is 1. The molecule has 28 heavy (non-hydrogen) atoms. The quantitative estimate of drug-likeness (QED) is 0.694. The number of hydrogen-bond donors (Lipinski definition) is 1. The van der Waals surface area contributed by atoms with Crippen molar-refractivity contribution in [3.63, 3.8) is 0 Å². The van der Waals surface area contributed by atoms with Crippen LogP contribution in [0.15, 0.2) is 29.3 Å². The molecule has 0 saturated carbocycles. The molecule has 0 radical (unpaired) electrons. The molecule has 2 aromatic heterocycles. The summed E-state index contributed by atoms with van der Waals surface area (Å²) in [5, 5.41) is 12.2. The molecule has 0 atom stereocenters. The van der Waals surface area contributed by atoms with Gasteiger partial charge in [-0.1, -0.05) is 0 Å². The smallest absolute Gasteiger partial charge is 0.243 e. The van der Waals surface area contributed by atoms with Gasteiger partial charge in [-0.05, 0) is 39.0 Å². The normalized spacial score (nSPS) is 17.0. The Balaban J connectivity index is 1.47. The second kappa shape index (κ2) is 7.26. The van der Waals surface area contributed by atoms with Crippen LogP contribution in [0.1, 0.15) is 31.5 Å². The van der Waals surface area contributed by atoms with Gasteiger partial charge in [0.15, 0.2) is 5.82 Å². The molecule has 0 bridgehead atoms. The number of benzene rings is 1. The van der Waals surface area contributed by atoms with Crippen LogP contribution in [0.5, 0.6) is 0 Å². The number of hydrogen-bond acceptors (Lipinski definition) is 6. The molecule has 4 rings (SSSR count). The van der Waals surface area contributed by atoms with Gasteiger partial charge in [0.25, 0.3) is 0 Å². The number of nitrogens with zero attached hydrogens (tertiary/aromatic N) is 6. The summed E-state index contributed by atoms with van der Waals surface area (Å²) in [4.78, 5) is 6.81. The van der Waals surface area contributed by atoms with Crippen LogP contribution in [-0.2, 0) is 16.6 Å². The highest BCUT2D eigenvalue weighted by Crippen LogP contribution is 2.24. The Morgan fingerprint density at radius 1 is 1.18 bits per heavy atom. The van der Waals surface area contributed by atoms with Gasteiger partial charge in [0.05, 0.1) is 23.2 Å². The SMILES string of the molecule is Cc1nc(CN2CCN(S(=O)(=O)c3ccc4c(cnn4C(C)C)c3)CC2)n[nH]1. The molecule has 10 heteroatoms. The molecule has 1 aliphatic rings. The van der Waals surface area contributed by atoms with Gasteiger partial charge in [-0.25, -0.2) is 13.4 Å². The molecular formula is C18H25N7O2S. The summed E-state index contributed by atoms with van der Waals surface area (Å²) < 4.78 is 29.6. The third-order valence-corrected chi connectivity index (χ3v) is 6.93. The molecule has 0 spiro atoms. The van der Waals surface area contributed by atoms with Crippen molar-refractivity contribution in [3.8, 4) is 0 Å². The van der Waals surface area contributed by atoms with Gasteiger partial charge in [-0.2, -0.15) is 14.5 Å². The first-order valence-electron chi connectivity index (χ1n) is 9.42. The molecule has 0 amide bonds. The van der Waals surface area contributed by atoms with E-state index in [1.165, 1.54) is 0 Å². The summed E-state index contributed by atoms with van der Waals surface area (Å²) in [6, 6.07) is 5.47. The molecule has 1 aliphatic heterocycles. The maximum absolute atomic E-state index is 13.1. The predicted octanol–water partition coefficient (Wildman–Crippen LogP) is 1.55. The van der Waals surface area contributed by atoms with Crippen molar-refractivity contribution in [2.75, 3.05) is 26.2 Å². The summed E-state index contributed by atoms with van der Waals surface area (Å²) >= 11 is 0. The lowest BCUT2D eigenvalue weighted by atomic mass is 10.2. The predicted molar refractivity (Wildman–Crippen MR) is 105 cm³/mol. The average Bonchev–Trinajstić information content (AvgIpc) is 3.27. The average molecular weight is 404 g/mol. The highest BCUT2D eigenvalue weighted by Gasteiger charge is 2.29. The maximum atomic E-state index is 13.1. The van der Waals surface area contributed by atoms with Crippen molar-refractivity contribution in [2.24, 2.45) is 0 Å². The maximum Gasteiger partial charge on any atom is 0.243 e. The van der Waals surface area contributed by atoms with Crippen LogP contribution in [0.2, 0.25) is 0 Å². The minimum absolute atomic E-state index is 0.223. The largest absolute Gasteiger partial charge is 0.293 e. The number of aryl methyl sites for hydroxylation is 1. The van der Waals surface area contributed by atoms with E-state index in [1.807, 2.05) is 17.7 Å². The minimum Gasteiger partial charge on any atom is -0.293 e. The first kappa shape index (κ1) is 19.0. The lowest BCUT2D eigenvalue weighted by Crippen LogP contribution is -2.48. The van der Waals surface area contributed by atoms with Crippen molar-refractivity contribution in [2.45, 2.75) is 38.3 Å². The van der Waals surface area contributed by atoms with Gasteiger partial charge in [-0.15, -0.1) is 0 Å². The fourth-order valence-corrected chi connectivity index (χ4v) is 5.00. The molecule has 0 aliphatic carbocycles. The van der Waals surface area contributed by atoms with Gasteiger partial charge >= 0.3 is 0 Å². The van der Waals surface area contributed by atoms with E-state index in [4.69, 9.17) is 0 Å². The first-order valence-corrected chi connectivity index (χ1v) is 10.9. The molecule has 3 aromatic rings. The summed E-state index contributed by atoms with van der Waals surface area (Å²) in [5.41, 5.74) is 0.945. The summed E-state index contributed by atoms with van der Waals surface area (Å²) in [6.45, 7) is 8.80. The van der Waals surface area contributed by atoms with Crippen LogP contribution in [0.4, 0.5) is 0 Å². The van der Waals surface area contributed by atoms with Crippen LogP contribution >= 0.6 is 0 Å². The molecule has 1 saturated heterocycles. The third kappa shape index (κ3) is 3.54. The Bertz CT molecular complexity index is 1080. The number of aromatic nitrogens is 5. The molecule has 9 nitrogen and oxygen atoms in total. The van der Waals surface area contributed by atoms with Gasteiger partial charge in [-0.3, -0.25) is 14.7 Å². The Morgan fingerprint density at radius 3 is 2.57 bits per heavy atom. The second-order valence-electron chi connectivity index (χ2n) is 7.42. The van der Waals surface area contributed by atoms with E-state index >= 15 is 0 Å². The number of H-pyrrole nitrogens is 1. The monoisotopic (exact) mass is 403 g/mol. The lowest BCUT2D eigenvalue weighted by Gasteiger charge is -2.33. The van der Waals surface area contributed by atoms with E-state index in [2.05, 4.69) is 39.0 Å². The Labute approximate surface area is 164 Å². The first-order chi connectivity index (χ1) is 13.3. The second-order valence-corrected chi connectivity index (χ2v) is 9.36. The van der Waals surface area contributed by atoms with Crippen LogP contribution in [-0.4, -0.2) is 68.8 Å². The standard InChI is InChI=1S/C18H25N7O2S/c1-13(2)25-17-5-4-16(10-15(17)11-19-25)28(26,27)24-8-6-23(7-9-24)12-18-20-14(3)21-22-18/h4-5,10-11,13H,6-9,12H2,1-3H3,(H,20,21,22). The van der Waals surface area contributed by atoms with Gasteiger partial charge in [0.2, 0.25) is 10.0 Å². The van der Waals surface area contributed by atoms with E-state index in [-0.39, 0.29) is 6.04 Å². The summed E-state index contributed by atoms with van der Waals surface area (Å²) in [5.74, 6) is 1.52. The number of sulfonamides is 1. The topological polar surface area (TPSA) is 100 Å². The van der Waals surface area contributed by atoms with Crippen LogP contribution < -0.4 is 0 Å². The Morgan fingerprint density at radius 2 is 1.93 bits per heavy atom. The summed E-state index contributed by atoms with van der Waals surface area (Å²) in [6.07, 6.45) is 1.73. The zero-order valence-electron chi connectivity index (χ0n) is 16.3. The third-order valence-electron chi connectivity index (χ3n) is 5.03. The van der Waals surface area contributed by atoms with E-state index in [9.17, 15) is 8.42 Å². The van der Waals surface area contributed by atoms with Crippen LogP contribution in [0.3, 0.4) is 0 Å². The molecule has 1 N–H and O–H groups in total. The van der Waals surface area contributed by atoms with Gasteiger partial charge < -0.3 is 0 Å². The van der Waals surface area contributed by atoms with E-state index in [0.29, 0.717) is 37.6 Å². The van der Waals surface area contributed by atoms with E-state index in [0.717, 1.165) is 22.6 Å². The highest BCUT2D eigenvalue weighted by atomic mass is 32.2. The fourth-order valence-electron chi connectivity index (χ4n) is 3.54. The van der Waals surface area contributed by atoms with Gasteiger partial charge in [0.1, 0.15) is 5.82 Å².